The Morgan fingerprint density at radius 2 is 2.11 bits per heavy atom. The first-order valence-corrected chi connectivity index (χ1v) is 7.47. The molecular weight excluding hydrogens is 224 g/mol. The fourth-order valence-corrected chi connectivity index (χ4v) is 4.53. The Morgan fingerprint density at radius 1 is 1.39 bits per heavy atom. The molecule has 5 unspecified atom stereocenters. The van der Waals surface area contributed by atoms with E-state index in [0.717, 1.165) is 18.8 Å². The molecule has 3 heteroatoms. The average molecular weight is 252 g/mol. The third kappa shape index (κ3) is 2.42. The molecule has 2 fully saturated rings. The van der Waals surface area contributed by atoms with Gasteiger partial charge >= 0.3 is 0 Å². The second-order valence-electron chi connectivity index (χ2n) is 6.76. The van der Waals surface area contributed by atoms with Crippen molar-refractivity contribution in [2.24, 2.45) is 28.9 Å². The molecule has 104 valence electrons. The summed E-state index contributed by atoms with van der Waals surface area (Å²) in [4.78, 5) is 11.8. The topological polar surface area (TPSA) is 55.1 Å². The van der Waals surface area contributed by atoms with Crippen LogP contribution < -0.4 is 11.1 Å². The monoisotopic (exact) mass is 252 g/mol. The van der Waals surface area contributed by atoms with Crippen LogP contribution in [0.15, 0.2) is 0 Å². The Kier molecular flexibility index (Phi) is 4.00. The maximum atomic E-state index is 11.8. The lowest BCUT2D eigenvalue weighted by molar-refractivity contribution is -0.130. The van der Waals surface area contributed by atoms with E-state index in [0.29, 0.717) is 17.9 Å². The standard InChI is InChI=1S/C15H28N2O/c1-4-11-6-5-10-7-12(13(11)17-3)9-15(2,8-10)14(16)18/h10-13,17H,4-9H2,1-3H3,(H2,16,18). The zero-order chi connectivity index (χ0) is 13.3. The van der Waals surface area contributed by atoms with Gasteiger partial charge in [-0.1, -0.05) is 26.7 Å². The molecule has 0 aromatic carbocycles. The summed E-state index contributed by atoms with van der Waals surface area (Å²) in [6.07, 6.45) is 7.08. The van der Waals surface area contributed by atoms with Crippen molar-refractivity contribution in [2.45, 2.75) is 58.4 Å². The lowest BCUT2D eigenvalue weighted by atomic mass is 9.64. The van der Waals surface area contributed by atoms with Gasteiger partial charge in [0.15, 0.2) is 0 Å². The molecule has 2 aliphatic rings. The number of rotatable bonds is 3. The summed E-state index contributed by atoms with van der Waals surface area (Å²) in [5, 5.41) is 3.52. The molecule has 0 saturated heterocycles. The van der Waals surface area contributed by atoms with Gasteiger partial charge in [0.2, 0.25) is 5.91 Å². The van der Waals surface area contributed by atoms with Gasteiger partial charge in [-0.15, -0.1) is 0 Å². The first kappa shape index (κ1) is 13.9. The van der Waals surface area contributed by atoms with Crippen LogP contribution in [0.4, 0.5) is 0 Å². The van der Waals surface area contributed by atoms with Crippen LogP contribution in [0.1, 0.15) is 52.4 Å². The van der Waals surface area contributed by atoms with Crippen LogP contribution in [0.25, 0.3) is 0 Å². The Hall–Kier alpha value is -0.570. The number of carbonyl (C=O) groups is 1. The van der Waals surface area contributed by atoms with Gasteiger partial charge in [0.1, 0.15) is 0 Å². The Morgan fingerprint density at radius 3 is 2.67 bits per heavy atom. The molecule has 0 spiro atoms. The molecule has 0 radical (unpaired) electrons. The highest BCUT2D eigenvalue weighted by Gasteiger charge is 2.46. The predicted octanol–water partition coefficient (Wildman–Crippen LogP) is 2.30. The van der Waals surface area contributed by atoms with Crippen molar-refractivity contribution in [3.05, 3.63) is 0 Å². The van der Waals surface area contributed by atoms with Gasteiger partial charge in [-0.2, -0.15) is 0 Å². The fourth-order valence-electron chi connectivity index (χ4n) is 4.53. The van der Waals surface area contributed by atoms with Crippen molar-refractivity contribution >= 4 is 5.91 Å². The normalized spacial score (nSPS) is 44.4. The molecule has 3 nitrogen and oxygen atoms in total. The van der Waals surface area contributed by atoms with Gasteiger partial charge < -0.3 is 11.1 Å². The number of carbonyl (C=O) groups excluding carboxylic acids is 1. The number of amides is 1. The molecule has 0 aliphatic heterocycles. The minimum atomic E-state index is -0.273. The molecule has 2 saturated carbocycles. The van der Waals surface area contributed by atoms with E-state index in [4.69, 9.17) is 5.73 Å². The van der Waals surface area contributed by atoms with E-state index >= 15 is 0 Å². The summed E-state index contributed by atoms with van der Waals surface area (Å²) >= 11 is 0. The predicted molar refractivity (Wildman–Crippen MR) is 74.0 cm³/mol. The van der Waals surface area contributed by atoms with E-state index in [1.807, 2.05) is 0 Å². The molecule has 5 atom stereocenters. The van der Waals surface area contributed by atoms with Gasteiger partial charge in [-0.05, 0) is 50.5 Å². The third-order valence-electron chi connectivity index (χ3n) is 5.50. The lowest BCUT2D eigenvalue weighted by Gasteiger charge is -2.42. The average Bonchev–Trinajstić information content (AvgIpc) is 2.45. The Balaban J connectivity index is 2.22. The summed E-state index contributed by atoms with van der Waals surface area (Å²) in [7, 11) is 2.07. The number of hydrogen-bond donors (Lipinski definition) is 2. The highest BCUT2D eigenvalue weighted by molar-refractivity contribution is 5.80. The first-order valence-electron chi connectivity index (χ1n) is 7.47. The van der Waals surface area contributed by atoms with Gasteiger partial charge in [0.05, 0.1) is 0 Å². The lowest BCUT2D eigenvalue weighted by Crippen LogP contribution is -2.47. The van der Waals surface area contributed by atoms with E-state index in [9.17, 15) is 4.79 Å². The molecule has 2 rings (SSSR count). The van der Waals surface area contributed by atoms with Crippen molar-refractivity contribution in [1.82, 2.24) is 5.32 Å². The number of nitrogens with two attached hydrogens (primary N) is 1. The maximum Gasteiger partial charge on any atom is 0.223 e. The zero-order valence-electron chi connectivity index (χ0n) is 12.0. The van der Waals surface area contributed by atoms with Crippen LogP contribution in [0, 0.1) is 23.2 Å². The van der Waals surface area contributed by atoms with Crippen molar-refractivity contribution in [3.8, 4) is 0 Å². The molecular formula is C15H28N2O. The molecule has 2 aliphatic carbocycles. The second-order valence-corrected chi connectivity index (χ2v) is 6.76. The van der Waals surface area contributed by atoms with Crippen molar-refractivity contribution < 1.29 is 4.79 Å². The molecule has 18 heavy (non-hydrogen) atoms. The first-order chi connectivity index (χ1) is 8.50. The highest BCUT2D eigenvalue weighted by Crippen LogP contribution is 2.48. The molecule has 0 heterocycles. The number of nitrogens with one attached hydrogen (secondary N) is 1. The zero-order valence-corrected chi connectivity index (χ0v) is 12.0. The highest BCUT2D eigenvalue weighted by atomic mass is 16.1. The number of primary amides is 1. The molecule has 0 aromatic heterocycles. The van der Waals surface area contributed by atoms with E-state index in [-0.39, 0.29) is 11.3 Å². The van der Waals surface area contributed by atoms with E-state index in [1.54, 1.807) is 0 Å². The smallest absolute Gasteiger partial charge is 0.223 e. The van der Waals surface area contributed by atoms with Crippen LogP contribution >= 0.6 is 0 Å². The molecule has 0 aromatic rings. The summed E-state index contributed by atoms with van der Waals surface area (Å²) in [6, 6.07) is 0.568. The molecule has 3 N–H and O–H groups in total. The van der Waals surface area contributed by atoms with Gasteiger partial charge in [-0.3, -0.25) is 4.79 Å². The quantitative estimate of drug-likeness (QED) is 0.810. The van der Waals surface area contributed by atoms with E-state index in [1.165, 1.54) is 25.7 Å². The number of hydrogen-bond acceptors (Lipinski definition) is 2. The van der Waals surface area contributed by atoms with Crippen LogP contribution in [-0.2, 0) is 4.79 Å². The SMILES string of the molecule is CCC1CCC2CC(CC(C)(C(N)=O)C2)C1NC. The van der Waals surface area contributed by atoms with Crippen molar-refractivity contribution in [2.75, 3.05) is 7.05 Å². The minimum Gasteiger partial charge on any atom is -0.369 e. The molecule has 1 amide bonds. The van der Waals surface area contributed by atoms with Crippen LogP contribution in [0.3, 0.4) is 0 Å². The largest absolute Gasteiger partial charge is 0.369 e. The summed E-state index contributed by atoms with van der Waals surface area (Å²) < 4.78 is 0. The minimum absolute atomic E-state index is 0.0954. The van der Waals surface area contributed by atoms with Crippen molar-refractivity contribution in [3.63, 3.8) is 0 Å². The van der Waals surface area contributed by atoms with E-state index in [2.05, 4.69) is 26.2 Å². The van der Waals surface area contributed by atoms with Crippen LogP contribution in [-0.4, -0.2) is 19.0 Å². The summed E-state index contributed by atoms with van der Waals surface area (Å²) in [5.41, 5.74) is 5.38. The van der Waals surface area contributed by atoms with Crippen molar-refractivity contribution in [1.29, 1.82) is 0 Å². The molecule has 2 bridgehead atoms. The fraction of sp³-hybridized carbons (Fsp3) is 0.933. The summed E-state index contributed by atoms with van der Waals surface area (Å²) in [6.45, 7) is 4.37. The van der Waals surface area contributed by atoms with Gasteiger partial charge in [-0.25, -0.2) is 0 Å². The second kappa shape index (κ2) is 5.20. The maximum absolute atomic E-state index is 11.8. The number of fused-ring (bicyclic) bond motifs is 2. The Bertz CT molecular complexity index is 318. The van der Waals surface area contributed by atoms with Gasteiger partial charge in [0.25, 0.3) is 0 Å². The van der Waals surface area contributed by atoms with Gasteiger partial charge in [0, 0.05) is 11.5 Å². The van der Waals surface area contributed by atoms with E-state index < -0.39 is 0 Å². The summed E-state index contributed by atoms with van der Waals surface area (Å²) in [5.74, 6) is 1.99. The van der Waals surface area contributed by atoms with Crippen LogP contribution in [0.2, 0.25) is 0 Å². The Labute approximate surface area is 111 Å². The third-order valence-corrected chi connectivity index (χ3v) is 5.50. The van der Waals surface area contributed by atoms with Crippen LogP contribution in [0.5, 0.6) is 0 Å².